The molecule has 2 N–H and O–H groups in total. The van der Waals surface area contributed by atoms with Gasteiger partial charge in [0.25, 0.3) is 10.2 Å². The van der Waals surface area contributed by atoms with Crippen LogP contribution in [0.5, 0.6) is 0 Å². The third kappa shape index (κ3) is 3.78. The molecule has 0 aromatic heterocycles. The van der Waals surface area contributed by atoms with Crippen molar-refractivity contribution in [3.8, 4) is 0 Å². The molecule has 15 heavy (non-hydrogen) atoms. The normalized spacial score (nSPS) is 11.3. The number of carbonyl (C=O) groups is 1. The van der Waals surface area contributed by atoms with Gasteiger partial charge >= 0.3 is 0 Å². The van der Waals surface area contributed by atoms with Gasteiger partial charge in [-0.05, 0) is 0 Å². The van der Waals surface area contributed by atoms with Gasteiger partial charge in [-0.1, -0.05) is 30.3 Å². The van der Waals surface area contributed by atoms with Crippen molar-refractivity contribution in [3.05, 3.63) is 35.9 Å². The second kappa shape index (κ2) is 5.01. The second-order valence-electron chi connectivity index (χ2n) is 2.82. The van der Waals surface area contributed by atoms with E-state index in [1.54, 1.807) is 30.3 Å². The molecule has 0 aliphatic rings. The number of ketones is 1. The highest BCUT2D eigenvalue weighted by atomic mass is 32.2. The third-order valence-electron chi connectivity index (χ3n) is 1.79. The summed E-state index contributed by atoms with van der Waals surface area (Å²) in [6.07, 6.45) is 0. The van der Waals surface area contributed by atoms with E-state index in [4.69, 9.17) is 0 Å². The van der Waals surface area contributed by atoms with Gasteiger partial charge < -0.3 is 0 Å². The first-order valence-electron chi connectivity index (χ1n) is 4.31. The van der Waals surface area contributed by atoms with Crippen LogP contribution in [0.1, 0.15) is 10.4 Å². The van der Waals surface area contributed by atoms with Gasteiger partial charge in [-0.15, -0.1) is 0 Å². The van der Waals surface area contributed by atoms with E-state index >= 15 is 0 Å². The molecule has 1 aromatic carbocycles. The van der Waals surface area contributed by atoms with Crippen molar-refractivity contribution in [2.45, 2.75) is 0 Å². The lowest BCUT2D eigenvalue weighted by atomic mass is 10.1. The summed E-state index contributed by atoms with van der Waals surface area (Å²) in [5.41, 5.74) is 0.483. The average molecular weight is 228 g/mol. The van der Waals surface area contributed by atoms with Crippen LogP contribution in [0.4, 0.5) is 0 Å². The van der Waals surface area contributed by atoms with Gasteiger partial charge in [0.1, 0.15) is 0 Å². The number of hydrogen-bond acceptors (Lipinski definition) is 3. The summed E-state index contributed by atoms with van der Waals surface area (Å²) in [4.78, 5) is 11.5. The van der Waals surface area contributed by atoms with Gasteiger partial charge in [0.05, 0.1) is 6.54 Å². The Morgan fingerprint density at radius 3 is 2.40 bits per heavy atom. The molecule has 82 valence electrons. The van der Waals surface area contributed by atoms with Crippen molar-refractivity contribution in [2.24, 2.45) is 0 Å². The molecular weight excluding hydrogens is 216 g/mol. The fourth-order valence-corrected chi connectivity index (χ4v) is 1.42. The molecule has 6 heteroatoms. The molecule has 0 saturated heterocycles. The maximum atomic E-state index is 11.5. The molecule has 0 amide bonds. The molecule has 5 nitrogen and oxygen atoms in total. The Morgan fingerprint density at radius 2 is 1.87 bits per heavy atom. The Morgan fingerprint density at radius 1 is 1.27 bits per heavy atom. The quantitative estimate of drug-likeness (QED) is 0.692. The van der Waals surface area contributed by atoms with Crippen LogP contribution in [-0.2, 0) is 10.2 Å². The smallest absolute Gasteiger partial charge is 0.277 e. The zero-order valence-corrected chi connectivity index (χ0v) is 9.04. The Bertz CT molecular complexity index is 428. The summed E-state index contributed by atoms with van der Waals surface area (Å²) >= 11 is 0. The SMILES string of the molecule is CNS(=O)(=O)NCC(=O)c1ccccc1. The molecule has 0 radical (unpaired) electrons. The van der Waals surface area contributed by atoms with Crippen molar-refractivity contribution < 1.29 is 13.2 Å². The van der Waals surface area contributed by atoms with Crippen molar-refractivity contribution in [2.75, 3.05) is 13.6 Å². The van der Waals surface area contributed by atoms with E-state index < -0.39 is 10.2 Å². The summed E-state index contributed by atoms with van der Waals surface area (Å²) in [6, 6.07) is 8.50. The number of benzene rings is 1. The zero-order chi connectivity index (χ0) is 11.3. The van der Waals surface area contributed by atoms with Crippen LogP contribution in [0.2, 0.25) is 0 Å². The van der Waals surface area contributed by atoms with E-state index in [-0.39, 0.29) is 12.3 Å². The molecular formula is C9H12N2O3S. The summed E-state index contributed by atoms with van der Waals surface area (Å²) in [7, 11) is -2.27. The van der Waals surface area contributed by atoms with Crippen LogP contribution in [0.15, 0.2) is 30.3 Å². The van der Waals surface area contributed by atoms with Gasteiger partial charge in [0.2, 0.25) is 0 Å². The number of nitrogens with one attached hydrogen (secondary N) is 2. The van der Waals surface area contributed by atoms with Crippen molar-refractivity contribution in [1.82, 2.24) is 9.44 Å². The highest BCUT2D eigenvalue weighted by Gasteiger charge is 2.10. The van der Waals surface area contributed by atoms with Crippen molar-refractivity contribution in [1.29, 1.82) is 0 Å². The zero-order valence-electron chi connectivity index (χ0n) is 8.23. The summed E-state index contributed by atoms with van der Waals surface area (Å²) < 4.78 is 26.1. The van der Waals surface area contributed by atoms with Crippen LogP contribution in [0.25, 0.3) is 0 Å². The lowest BCUT2D eigenvalue weighted by Gasteiger charge is -2.03. The van der Waals surface area contributed by atoms with Crippen LogP contribution < -0.4 is 9.44 Å². The van der Waals surface area contributed by atoms with Gasteiger partial charge in [-0.2, -0.15) is 13.1 Å². The Balaban J connectivity index is 2.59. The Kier molecular flexibility index (Phi) is 3.96. The fourth-order valence-electron chi connectivity index (χ4n) is 0.959. The first kappa shape index (κ1) is 11.8. The highest BCUT2D eigenvalue weighted by molar-refractivity contribution is 7.87. The van der Waals surface area contributed by atoms with E-state index in [0.717, 1.165) is 0 Å². The van der Waals surface area contributed by atoms with Crippen LogP contribution in [-0.4, -0.2) is 27.8 Å². The van der Waals surface area contributed by atoms with Crippen molar-refractivity contribution >= 4 is 16.0 Å². The Hall–Kier alpha value is -1.24. The molecule has 0 unspecified atom stereocenters. The Labute approximate surface area is 88.7 Å². The lowest BCUT2D eigenvalue weighted by Crippen LogP contribution is -2.37. The highest BCUT2D eigenvalue weighted by Crippen LogP contribution is 1.98. The molecule has 0 fully saturated rings. The summed E-state index contributed by atoms with van der Waals surface area (Å²) in [6.45, 7) is -0.243. The topological polar surface area (TPSA) is 75.3 Å². The predicted molar refractivity (Wildman–Crippen MR) is 56.8 cm³/mol. The molecule has 0 bridgehead atoms. The molecule has 0 spiro atoms. The third-order valence-corrected chi connectivity index (χ3v) is 2.85. The number of rotatable bonds is 5. The van der Waals surface area contributed by atoms with Crippen LogP contribution >= 0.6 is 0 Å². The molecule has 1 aromatic rings. The lowest BCUT2D eigenvalue weighted by molar-refractivity contribution is 0.0997. The minimum absolute atomic E-state index is 0.243. The molecule has 0 atom stereocenters. The van der Waals surface area contributed by atoms with Crippen LogP contribution in [0, 0.1) is 0 Å². The first-order valence-corrected chi connectivity index (χ1v) is 5.80. The molecule has 1 rings (SSSR count). The first-order chi connectivity index (χ1) is 7.05. The molecule has 0 saturated carbocycles. The number of carbonyl (C=O) groups excluding carboxylic acids is 1. The van der Waals surface area contributed by atoms with E-state index in [2.05, 4.69) is 9.44 Å². The standard InChI is InChI=1S/C9H12N2O3S/c1-10-15(13,14)11-7-9(12)8-5-3-2-4-6-8/h2-6,10-11H,7H2,1H3. The minimum Gasteiger partial charge on any atom is -0.293 e. The predicted octanol–water partition coefficient (Wildman–Crippen LogP) is -0.0769. The molecule has 0 aliphatic heterocycles. The van der Waals surface area contributed by atoms with Gasteiger partial charge in [-0.3, -0.25) is 4.79 Å². The maximum Gasteiger partial charge on any atom is 0.277 e. The minimum atomic E-state index is -3.54. The largest absolute Gasteiger partial charge is 0.293 e. The van der Waals surface area contributed by atoms with E-state index in [1.807, 2.05) is 0 Å². The number of hydrogen-bond donors (Lipinski definition) is 2. The van der Waals surface area contributed by atoms with Gasteiger partial charge in [0.15, 0.2) is 5.78 Å². The molecule has 0 heterocycles. The van der Waals surface area contributed by atoms with Gasteiger partial charge in [0, 0.05) is 12.6 Å². The average Bonchev–Trinajstić information content (AvgIpc) is 2.27. The fraction of sp³-hybridized carbons (Fsp3) is 0.222. The second-order valence-corrected chi connectivity index (χ2v) is 4.52. The monoisotopic (exact) mass is 228 g/mol. The van der Waals surface area contributed by atoms with Crippen LogP contribution in [0.3, 0.4) is 0 Å². The summed E-state index contributed by atoms with van der Waals surface area (Å²) in [5, 5.41) is 0. The van der Waals surface area contributed by atoms with E-state index in [9.17, 15) is 13.2 Å². The maximum absolute atomic E-state index is 11.5. The van der Waals surface area contributed by atoms with Gasteiger partial charge in [-0.25, -0.2) is 4.72 Å². The molecule has 0 aliphatic carbocycles. The van der Waals surface area contributed by atoms with E-state index in [1.165, 1.54) is 7.05 Å². The van der Waals surface area contributed by atoms with E-state index in [0.29, 0.717) is 5.56 Å². The number of Topliss-reactive ketones (excluding diaryl/α,β-unsaturated/α-hetero) is 1. The summed E-state index contributed by atoms with van der Waals surface area (Å²) in [5.74, 6) is -0.269. The van der Waals surface area contributed by atoms with Crippen molar-refractivity contribution in [3.63, 3.8) is 0 Å².